The summed E-state index contributed by atoms with van der Waals surface area (Å²) in [7, 11) is 0. The van der Waals surface area contributed by atoms with E-state index in [9.17, 15) is 14.3 Å². The molecule has 0 bridgehead atoms. The number of nitrogens with zero attached hydrogens (tertiary/aromatic N) is 1. The number of anilines is 1. The van der Waals surface area contributed by atoms with E-state index in [2.05, 4.69) is 18.8 Å². The SMILES string of the molecule is Cc1cc(OCCC(C)(C)O)cc(C)c1-c1ccc(F)c2c1CCC2.Nc1cc2c(cn1)[C@@H](CC(=O)O)CO2. The highest BCUT2D eigenvalue weighted by Crippen LogP contribution is 2.39. The number of halogens is 1. The summed E-state index contributed by atoms with van der Waals surface area (Å²) in [5.74, 6) is 0.863. The number of hydrogen-bond acceptors (Lipinski definition) is 6. The lowest BCUT2D eigenvalue weighted by Crippen LogP contribution is -2.21. The van der Waals surface area contributed by atoms with E-state index in [1.165, 1.54) is 11.1 Å². The summed E-state index contributed by atoms with van der Waals surface area (Å²) in [4.78, 5) is 14.4. The first-order valence-corrected chi connectivity index (χ1v) is 13.3. The van der Waals surface area contributed by atoms with Gasteiger partial charge in [0.1, 0.15) is 23.1 Å². The summed E-state index contributed by atoms with van der Waals surface area (Å²) >= 11 is 0. The molecule has 0 unspecified atom stereocenters. The molecule has 1 aliphatic carbocycles. The van der Waals surface area contributed by atoms with Crippen LogP contribution in [-0.2, 0) is 17.6 Å². The third-order valence-electron chi connectivity index (χ3n) is 7.20. The molecule has 4 N–H and O–H groups in total. The van der Waals surface area contributed by atoms with Gasteiger partial charge in [-0.25, -0.2) is 9.37 Å². The summed E-state index contributed by atoms with van der Waals surface area (Å²) in [5.41, 5.74) is 12.3. The number of carbonyl (C=O) groups is 1. The van der Waals surface area contributed by atoms with Crippen LogP contribution >= 0.6 is 0 Å². The molecule has 2 heterocycles. The molecule has 8 heteroatoms. The molecular formula is C31H37FN2O5. The molecular weight excluding hydrogens is 499 g/mol. The number of rotatable bonds is 7. The second-order valence-electron chi connectivity index (χ2n) is 11.0. The molecule has 1 aromatic heterocycles. The second kappa shape index (κ2) is 11.6. The molecule has 0 fully saturated rings. The maximum absolute atomic E-state index is 14.0. The van der Waals surface area contributed by atoms with Gasteiger partial charge in [-0.15, -0.1) is 0 Å². The van der Waals surface area contributed by atoms with Crippen molar-refractivity contribution in [2.24, 2.45) is 0 Å². The number of carboxylic acid groups (broad SMARTS) is 1. The third kappa shape index (κ3) is 6.87. The number of nitrogens with two attached hydrogens (primary N) is 1. The lowest BCUT2D eigenvalue weighted by molar-refractivity contribution is -0.137. The van der Waals surface area contributed by atoms with Crippen LogP contribution in [0.5, 0.6) is 11.5 Å². The van der Waals surface area contributed by atoms with Crippen molar-refractivity contribution in [3.05, 3.63) is 70.2 Å². The van der Waals surface area contributed by atoms with Gasteiger partial charge in [0.15, 0.2) is 0 Å². The fraction of sp³-hybridized carbons (Fsp3) is 0.419. The number of benzene rings is 2. The number of aromatic nitrogens is 1. The number of carboxylic acids is 1. The van der Waals surface area contributed by atoms with Crippen LogP contribution in [0, 0.1) is 19.7 Å². The minimum Gasteiger partial charge on any atom is -0.493 e. The molecule has 2 aromatic carbocycles. The average molecular weight is 537 g/mol. The summed E-state index contributed by atoms with van der Waals surface area (Å²) in [5, 5.41) is 18.5. The zero-order valence-electron chi connectivity index (χ0n) is 23.0. The van der Waals surface area contributed by atoms with Gasteiger partial charge in [-0.1, -0.05) is 6.07 Å². The van der Waals surface area contributed by atoms with Crippen LogP contribution in [-0.4, -0.2) is 40.0 Å². The Balaban J connectivity index is 0.000000212. The molecule has 0 saturated heterocycles. The Labute approximate surface area is 228 Å². The number of hydrogen-bond donors (Lipinski definition) is 3. The molecule has 0 amide bonds. The molecule has 0 spiro atoms. The zero-order valence-corrected chi connectivity index (χ0v) is 23.0. The van der Waals surface area contributed by atoms with Gasteiger partial charge in [-0.05, 0) is 98.5 Å². The van der Waals surface area contributed by atoms with Gasteiger partial charge >= 0.3 is 5.97 Å². The Hall–Kier alpha value is -3.65. The minimum atomic E-state index is -0.830. The van der Waals surface area contributed by atoms with Crippen molar-refractivity contribution >= 4 is 11.8 Å². The Kier molecular flexibility index (Phi) is 8.45. The Morgan fingerprint density at radius 3 is 2.54 bits per heavy atom. The molecule has 3 aromatic rings. The van der Waals surface area contributed by atoms with Crippen molar-refractivity contribution in [2.45, 2.75) is 71.3 Å². The summed E-state index contributed by atoms with van der Waals surface area (Å²) in [6, 6.07) is 9.22. The zero-order chi connectivity index (χ0) is 28.3. The number of aliphatic carboxylic acids is 1. The van der Waals surface area contributed by atoms with Crippen molar-refractivity contribution in [3.8, 4) is 22.6 Å². The standard InChI is InChI=1S/C22H27FO2.C9H10N2O3/c1-14-12-16(25-11-10-22(3,4)24)13-15(2)21(14)19-8-9-20(23)18-7-5-6-17(18)19;10-8-2-7-6(3-11-8)5(4-14-7)1-9(12)13/h8-9,12-13,24H,5-7,10-11H2,1-4H3;2-3,5H,1,4H2,(H2,10,11)(H,12,13)/t;5-/m.0/s1. The van der Waals surface area contributed by atoms with Crippen LogP contribution in [0.2, 0.25) is 0 Å². The van der Waals surface area contributed by atoms with E-state index < -0.39 is 11.6 Å². The lowest BCUT2D eigenvalue weighted by Gasteiger charge is -2.19. The fourth-order valence-corrected chi connectivity index (χ4v) is 5.30. The Morgan fingerprint density at radius 1 is 1.18 bits per heavy atom. The Morgan fingerprint density at radius 2 is 1.87 bits per heavy atom. The van der Waals surface area contributed by atoms with Gasteiger partial charge in [-0.3, -0.25) is 4.79 Å². The summed E-state index contributed by atoms with van der Waals surface area (Å²) in [6.45, 7) is 8.60. The lowest BCUT2D eigenvalue weighted by atomic mass is 9.90. The van der Waals surface area contributed by atoms with Crippen LogP contribution in [0.3, 0.4) is 0 Å². The van der Waals surface area contributed by atoms with Gasteiger partial charge < -0.3 is 25.4 Å². The number of aliphatic hydroxyl groups is 1. The van der Waals surface area contributed by atoms with Crippen LogP contribution in [0.1, 0.15) is 66.8 Å². The molecule has 39 heavy (non-hydrogen) atoms. The van der Waals surface area contributed by atoms with Crippen LogP contribution in [0.25, 0.3) is 11.1 Å². The van der Waals surface area contributed by atoms with E-state index in [1.54, 1.807) is 32.2 Å². The number of ether oxygens (including phenoxy) is 2. The van der Waals surface area contributed by atoms with Crippen molar-refractivity contribution in [1.82, 2.24) is 4.98 Å². The highest BCUT2D eigenvalue weighted by atomic mass is 19.1. The highest BCUT2D eigenvalue weighted by Gasteiger charge is 2.27. The van der Waals surface area contributed by atoms with Crippen LogP contribution < -0.4 is 15.2 Å². The molecule has 1 aliphatic heterocycles. The molecule has 2 aliphatic rings. The molecule has 7 nitrogen and oxygen atoms in total. The van der Waals surface area contributed by atoms with Gasteiger partial charge in [0.2, 0.25) is 0 Å². The molecule has 1 atom stereocenters. The smallest absolute Gasteiger partial charge is 0.304 e. The van der Waals surface area contributed by atoms with Crippen molar-refractivity contribution in [3.63, 3.8) is 0 Å². The van der Waals surface area contributed by atoms with E-state index in [-0.39, 0.29) is 18.2 Å². The van der Waals surface area contributed by atoms with Gasteiger partial charge in [0, 0.05) is 30.2 Å². The maximum atomic E-state index is 14.0. The summed E-state index contributed by atoms with van der Waals surface area (Å²) in [6.07, 6.45) is 5.05. The van der Waals surface area contributed by atoms with E-state index in [1.807, 2.05) is 18.2 Å². The highest BCUT2D eigenvalue weighted by molar-refractivity contribution is 5.76. The van der Waals surface area contributed by atoms with Gasteiger partial charge in [0.05, 0.1) is 25.2 Å². The second-order valence-corrected chi connectivity index (χ2v) is 11.0. The largest absolute Gasteiger partial charge is 0.493 e. The number of nitrogen functional groups attached to an aromatic ring is 1. The van der Waals surface area contributed by atoms with Gasteiger partial charge in [-0.2, -0.15) is 0 Å². The first-order valence-electron chi connectivity index (χ1n) is 13.3. The van der Waals surface area contributed by atoms with Crippen LogP contribution in [0.4, 0.5) is 10.2 Å². The topological polar surface area (TPSA) is 115 Å². The van der Waals surface area contributed by atoms with E-state index in [0.29, 0.717) is 31.2 Å². The first-order chi connectivity index (χ1) is 18.4. The number of pyridine rings is 1. The fourth-order valence-electron chi connectivity index (χ4n) is 5.30. The summed E-state index contributed by atoms with van der Waals surface area (Å²) < 4.78 is 25.2. The predicted molar refractivity (Wildman–Crippen MR) is 149 cm³/mol. The molecule has 208 valence electrons. The molecule has 0 radical (unpaired) electrons. The number of aryl methyl sites for hydroxylation is 2. The quantitative estimate of drug-likeness (QED) is 0.352. The Bertz CT molecular complexity index is 1340. The van der Waals surface area contributed by atoms with E-state index in [4.69, 9.17) is 20.3 Å². The van der Waals surface area contributed by atoms with Crippen LogP contribution in [0.15, 0.2) is 36.5 Å². The van der Waals surface area contributed by atoms with Gasteiger partial charge in [0.25, 0.3) is 0 Å². The van der Waals surface area contributed by atoms with Crippen molar-refractivity contribution < 1.29 is 28.9 Å². The van der Waals surface area contributed by atoms with Crippen molar-refractivity contribution in [1.29, 1.82) is 0 Å². The monoisotopic (exact) mass is 536 g/mol. The average Bonchev–Trinajstić information content (AvgIpc) is 3.47. The van der Waals surface area contributed by atoms with E-state index in [0.717, 1.165) is 52.8 Å². The first kappa shape index (κ1) is 28.4. The number of fused-ring (bicyclic) bond motifs is 2. The van der Waals surface area contributed by atoms with E-state index >= 15 is 0 Å². The third-order valence-corrected chi connectivity index (χ3v) is 7.20. The maximum Gasteiger partial charge on any atom is 0.304 e. The van der Waals surface area contributed by atoms with Crippen molar-refractivity contribution in [2.75, 3.05) is 18.9 Å². The minimum absolute atomic E-state index is 0.0681. The molecule has 5 rings (SSSR count). The molecule has 0 saturated carbocycles. The normalized spacial score (nSPS) is 15.6. The predicted octanol–water partition coefficient (Wildman–Crippen LogP) is 5.75.